The van der Waals surface area contributed by atoms with Crippen molar-refractivity contribution in [3.63, 3.8) is 0 Å². The largest absolute Gasteiger partial charge is 0.378 e. The van der Waals surface area contributed by atoms with Crippen LogP contribution in [0.5, 0.6) is 0 Å². The van der Waals surface area contributed by atoms with Crippen LogP contribution in [0.25, 0.3) is 0 Å². The predicted molar refractivity (Wildman–Crippen MR) is 38.3 cm³/mol. The summed E-state index contributed by atoms with van der Waals surface area (Å²) in [6.07, 6.45) is 6.74. The molecule has 2 fully saturated rings. The van der Waals surface area contributed by atoms with Gasteiger partial charge in [-0.2, -0.15) is 0 Å². The van der Waals surface area contributed by atoms with Crippen LogP contribution < -0.4 is 5.32 Å². The Kier molecular flexibility index (Phi) is 0.964. The molecular weight excluding hydrogens is 126 g/mol. The van der Waals surface area contributed by atoms with Crippen molar-refractivity contribution in [2.75, 3.05) is 13.1 Å². The SMILES string of the molecule is C#CC1(O)CC2(CNC2)C1. The maximum Gasteiger partial charge on any atom is 0.126 e. The summed E-state index contributed by atoms with van der Waals surface area (Å²) in [5.74, 6) is 2.43. The molecule has 0 atom stereocenters. The Morgan fingerprint density at radius 1 is 1.40 bits per heavy atom. The summed E-state index contributed by atoms with van der Waals surface area (Å²) >= 11 is 0. The van der Waals surface area contributed by atoms with Crippen molar-refractivity contribution in [3.05, 3.63) is 0 Å². The number of hydrogen-bond donors (Lipinski definition) is 2. The summed E-state index contributed by atoms with van der Waals surface area (Å²) in [7, 11) is 0. The number of terminal acetylenes is 1. The number of aliphatic hydroxyl groups is 1. The van der Waals surface area contributed by atoms with Crippen molar-refractivity contribution < 1.29 is 5.11 Å². The lowest BCUT2D eigenvalue weighted by Gasteiger charge is -2.56. The molecule has 1 aliphatic heterocycles. The van der Waals surface area contributed by atoms with E-state index in [0.717, 1.165) is 25.9 Å². The Morgan fingerprint density at radius 2 is 2.00 bits per heavy atom. The van der Waals surface area contributed by atoms with E-state index in [9.17, 15) is 5.11 Å². The molecule has 2 aliphatic rings. The molecule has 0 bridgehead atoms. The fourth-order valence-electron chi connectivity index (χ4n) is 2.02. The first-order chi connectivity index (χ1) is 4.68. The molecule has 54 valence electrons. The highest BCUT2D eigenvalue weighted by atomic mass is 16.3. The molecule has 0 aromatic carbocycles. The molecule has 0 aromatic heterocycles. The quantitative estimate of drug-likeness (QED) is 0.451. The molecular formula is C8H11NO. The van der Waals surface area contributed by atoms with E-state index in [1.165, 1.54) is 0 Å². The first-order valence-corrected chi connectivity index (χ1v) is 3.59. The van der Waals surface area contributed by atoms with E-state index in [1.807, 2.05) is 0 Å². The topological polar surface area (TPSA) is 32.3 Å². The van der Waals surface area contributed by atoms with Crippen LogP contribution in [-0.2, 0) is 0 Å². The zero-order valence-corrected chi connectivity index (χ0v) is 5.85. The molecule has 0 aromatic rings. The second-order valence-electron chi connectivity index (χ2n) is 3.63. The summed E-state index contributed by atoms with van der Waals surface area (Å²) in [5.41, 5.74) is -0.386. The monoisotopic (exact) mass is 137 g/mol. The van der Waals surface area contributed by atoms with Gasteiger partial charge in [-0.15, -0.1) is 6.42 Å². The fourth-order valence-corrected chi connectivity index (χ4v) is 2.02. The molecule has 1 aliphatic carbocycles. The first-order valence-electron chi connectivity index (χ1n) is 3.59. The Bertz CT molecular complexity index is 192. The van der Waals surface area contributed by atoms with E-state index in [1.54, 1.807) is 0 Å². The van der Waals surface area contributed by atoms with Crippen LogP contribution in [0.2, 0.25) is 0 Å². The maximum atomic E-state index is 9.46. The van der Waals surface area contributed by atoms with Crippen LogP contribution in [0.3, 0.4) is 0 Å². The van der Waals surface area contributed by atoms with E-state index < -0.39 is 5.60 Å². The van der Waals surface area contributed by atoms with Crippen molar-refractivity contribution in [3.8, 4) is 12.3 Å². The van der Waals surface area contributed by atoms with Gasteiger partial charge in [-0.25, -0.2) is 0 Å². The highest BCUT2D eigenvalue weighted by molar-refractivity contribution is 5.22. The smallest absolute Gasteiger partial charge is 0.126 e. The normalized spacial score (nSPS) is 32.0. The van der Waals surface area contributed by atoms with Crippen LogP contribution in [0.1, 0.15) is 12.8 Å². The van der Waals surface area contributed by atoms with Crippen molar-refractivity contribution in [1.29, 1.82) is 0 Å². The molecule has 0 unspecified atom stereocenters. The summed E-state index contributed by atoms with van der Waals surface area (Å²) in [6.45, 7) is 2.08. The predicted octanol–water partition coefficient (Wildman–Crippen LogP) is -0.266. The van der Waals surface area contributed by atoms with Gasteiger partial charge in [0.1, 0.15) is 5.60 Å². The molecule has 2 heteroatoms. The molecule has 1 saturated heterocycles. The lowest BCUT2D eigenvalue weighted by Crippen LogP contribution is -2.66. The Labute approximate surface area is 60.6 Å². The molecule has 2 N–H and O–H groups in total. The minimum absolute atomic E-state index is 0.376. The van der Waals surface area contributed by atoms with Crippen molar-refractivity contribution >= 4 is 0 Å². The Hall–Kier alpha value is -0.520. The standard InChI is InChI=1S/C8H11NO/c1-2-8(10)3-7(4-8)5-9-6-7/h1,9-10H,3-6H2. The Balaban J connectivity index is 2.00. The third-order valence-corrected chi connectivity index (χ3v) is 2.60. The molecule has 0 amide bonds. The average molecular weight is 137 g/mol. The minimum Gasteiger partial charge on any atom is -0.378 e. The van der Waals surface area contributed by atoms with Crippen LogP contribution in [-0.4, -0.2) is 23.8 Å². The number of hydrogen-bond acceptors (Lipinski definition) is 2. The van der Waals surface area contributed by atoms with E-state index in [-0.39, 0.29) is 0 Å². The lowest BCUT2D eigenvalue weighted by molar-refractivity contribution is -0.110. The van der Waals surface area contributed by atoms with Crippen LogP contribution in [0.4, 0.5) is 0 Å². The first kappa shape index (κ1) is 6.21. The van der Waals surface area contributed by atoms with Crippen LogP contribution in [0.15, 0.2) is 0 Å². The molecule has 0 radical (unpaired) electrons. The fraction of sp³-hybridized carbons (Fsp3) is 0.750. The third kappa shape index (κ3) is 0.622. The van der Waals surface area contributed by atoms with Gasteiger partial charge >= 0.3 is 0 Å². The zero-order valence-electron chi connectivity index (χ0n) is 5.85. The average Bonchev–Trinajstić information content (AvgIpc) is 1.77. The van der Waals surface area contributed by atoms with Crippen molar-refractivity contribution in [1.82, 2.24) is 5.32 Å². The third-order valence-electron chi connectivity index (χ3n) is 2.60. The van der Waals surface area contributed by atoms with E-state index in [0.29, 0.717) is 5.41 Å². The van der Waals surface area contributed by atoms with Gasteiger partial charge < -0.3 is 10.4 Å². The van der Waals surface area contributed by atoms with Gasteiger partial charge in [0.25, 0.3) is 0 Å². The van der Waals surface area contributed by atoms with Crippen molar-refractivity contribution in [2.24, 2.45) is 5.41 Å². The lowest BCUT2D eigenvalue weighted by atomic mass is 9.56. The number of nitrogens with one attached hydrogen (secondary N) is 1. The highest BCUT2D eigenvalue weighted by Gasteiger charge is 2.55. The number of rotatable bonds is 0. The molecule has 1 heterocycles. The summed E-state index contributed by atoms with van der Waals surface area (Å²) in [5, 5.41) is 12.6. The van der Waals surface area contributed by atoms with E-state index in [4.69, 9.17) is 6.42 Å². The van der Waals surface area contributed by atoms with Crippen LogP contribution in [0, 0.1) is 17.8 Å². The maximum absolute atomic E-state index is 9.46. The molecule has 1 spiro atoms. The zero-order chi connectivity index (χ0) is 7.24. The van der Waals surface area contributed by atoms with Gasteiger partial charge in [-0.3, -0.25) is 0 Å². The van der Waals surface area contributed by atoms with Gasteiger partial charge in [0.05, 0.1) is 0 Å². The Morgan fingerprint density at radius 3 is 2.30 bits per heavy atom. The second-order valence-corrected chi connectivity index (χ2v) is 3.63. The van der Waals surface area contributed by atoms with Gasteiger partial charge in [-0.05, 0) is 12.8 Å². The van der Waals surface area contributed by atoms with Gasteiger partial charge in [-0.1, -0.05) is 5.92 Å². The van der Waals surface area contributed by atoms with E-state index in [2.05, 4.69) is 11.2 Å². The molecule has 2 rings (SSSR count). The van der Waals surface area contributed by atoms with Gasteiger partial charge in [0, 0.05) is 18.5 Å². The van der Waals surface area contributed by atoms with Gasteiger partial charge in [0.2, 0.25) is 0 Å². The van der Waals surface area contributed by atoms with Gasteiger partial charge in [0.15, 0.2) is 0 Å². The summed E-state index contributed by atoms with van der Waals surface area (Å²) in [4.78, 5) is 0. The molecule has 2 nitrogen and oxygen atoms in total. The van der Waals surface area contributed by atoms with E-state index >= 15 is 0 Å². The van der Waals surface area contributed by atoms with Crippen LogP contribution >= 0.6 is 0 Å². The van der Waals surface area contributed by atoms with Crippen molar-refractivity contribution in [2.45, 2.75) is 18.4 Å². The summed E-state index contributed by atoms with van der Waals surface area (Å²) < 4.78 is 0. The molecule has 10 heavy (non-hydrogen) atoms. The molecule has 1 saturated carbocycles. The summed E-state index contributed by atoms with van der Waals surface area (Å²) in [6, 6.07) is 0. The highest BCUT2D eigenvalue weighted by Crippen LogP contribution is 2.50. The minimum atomic E-state index is -0.762. The second kappa shape index (κ2) is 1.55.